The third-order valence-corrected chi connectivity index (χ3v) is 4.07. The largest absolute Gasteiger partial charge is 0.497 e. The summed E-state index contributed by atoms with van der Waals surface area (Å²) in [6.45, 7) is -0.414. The number of methoxy groups -OCH3 is 2. The van der Waals surface area contributed by atoms with Crippen LogP contribution in [0.3, 0.4) is 0 Å². The molecule has 28 heavy (non-hydrogen) atoms. The standard InChI is InChI=1S/C20H19N3O5/c1-27-14-9-7-13(8-10-14)11-16-19(25)23(20(26)22-16)12-18(24)21-15-5-3-4-6-17(15)28-2/h3-11H,12H2,1-2H3,(H,21,24)(H,22,26)/b16-11+. The van der Waals surface area contributed by atoms with Crippen molar-refractivity contribution in [3.05, 3.63) is 59.8 Å². The molecule has 144 valence electrons. The Morgan fingerprint density at radius 3 is 2.46 bits per heavy atom. The van der Waals surface area contributed by atoms with Gasteiger partial charge in [-0.3, -0.25) is 9.59 Å². The van der Waals surface area contributed by atoms with Crippen LogP contribution in [0, 0.1) is 0 Å². The van der Waals surface area contributed by atoms with E-state index in [-0.39, 0.29) is 5.70 Å². The first kappa shape index (κ1) is 19.0. The van der Waals surface area contributed by atoms with Gasteiger partial charge in [-0.25, -0.2) is 9.69 Å². The van der Waals surface area contributed by atoms with Crippen LogP contribution in [-0.2, 0) is 9.59 Å². The van der Waals surface area contributed by atoms with E-state index in [9.17, 15) is 14.4 Å². The number of imide groups is 1. The molecule has 0 bridgehead atoms. The molecule has 2 aromatic rings. The van der Waals surface area contributed by atoms with Gasteiger partial charge in [-0.2, -0.15) is 0 Å². The number of nitrogens with one attached hydrogen (secondary N) is 2. The number of ether oxygens (including phenoxy) is 2. The molecule has 0 aliphatic carbocycles. The smallest absolute Gasteiger partial charge is 0.329 e. The predicted molar refractivity (Wildman–Crippen MR) is 103 cm³/mol. The average molecular weight is 381 g/mol. The fourth-order valence-corrected chi connectivity index (χ4v) is 2.66. The van der Waals surface area contributed by atoms with Crippen molar-refractivity contribution in [2.75, 3.05) is 26.1 Å². The Bertz CT molecular complexity index is 937. The molecule has 3 rings (SSSR count). The number of anilines is 1. The van der Waals surface area contributed by atoms with E-state index in [0.29, 0.717) is 22.7 Å². The van der Waals surface area contributed by atoms with Gasteiger partial charge in [0.15, 0.2) is 0 Å². The van der Waals surface area contributed by atoms with Gasteiger partial charge >= 0.3 is 6.03 Å². The van der Waals surface area contributed by atoms with Crippen molar-refractivity contribution in [1.82, 2.24) is 10.2 Å². The summed E-state index contributed by atoms with van der Waals surface area (Å²) in [6, 6.07) is 13.2. The zero-order valence-corrected chi connectivity index (χ0v) is 15.4. The van der Waals surface area contributed by atoms with Gasteiger partial charge in [0.05, 0.1) is 19.9 Å². The van der Waals surface area contributed by atoms with E-state index in [1.54, 1.807) is 55.6 Å². The van der Waals surface area contributed by atoms with Crippen molar-refractivity contribution in [2.24, 2.45) is 0 Å². The first-order valence-electron chi connectivity index (χ1n) is 8.43. The normalized spacial score (nSPS) is 14.8. The number of hydrogen-bond acceptors (Lipinski definition) is 5. The summed E-state index contributed by atoms with van der Waals surface area (Å²) in [5.74, 6) is 0.0707. The van der Waals surface area contributed by atoms with Crippen molar-refractivity contribution in [3.8, 4) is 11.5 Å². The van der Waals surface area contributed by atoms with Crippen LogP contribution in [0.2, 0.25) is 0 Å². The number of nitrogens with zero attached hydrogens (tertiary/aromatic N) is 1. The monoisotopic (exact) mass is 381 g/mol. The van der Waals surface area contributed by atoms with E-state index in [4.69, 9.17) is 9.47 Å². The summed E-state index contributed by atoms with van der Waals surface area (Å²) in [4.78, 5) is 37.8. The van der Waals surface area contributed by atoms with Gasteiger partial charge in [0.25, 0.3) is 5.91 Å². The molecule has 0 aromatic heterocycles. The van der Waals surface area contributed by atoms with Crippen LogP contribution in [0.1, 0.15) is 5.56 Å². The van der Waals surface area contributed by atoms with E-state index in [2.05, 4.69) is 10.6 Å². The quantitative estimate of drug-likeness (QED) is 0.591. The molecule has 0 radical (unpaired) electrons. The Labute approximate surface area is 161 Å². The molecule has 1 aliphatic rings. The van der Waals surface area contributed by atoms with E-state index in [1.807, 2.05) is 0 Å². The summed E-state index contributed by atoms with van der Waals surface area (Å²) in [6.07, 6.45) is 1.54. The van der Waals surface area contributed by atoms with Crippen molar-refractivity contribution in [1.29, 1.82) is 0 Å². The minimum atomic E-state index is -0.653. The second-order valence-corrected chi connectivity index (χ2v) is 5.90. The van der Waals surface area contributed by atoms with Gasteiger partial charge in [0.1, 0.15) is 23.7 Å². The number of hydrogen-bond donors (Lipinski definition) is 2. The second-order valence-electron chi connectivity index (χ2n) is 5.90. The number of benzene rings is 2. The van der Waals surface area contributed by atoms with Gasteiger partial charge in [0.2, 0.25) is 5.91 Å². The lowest BCUT2D eigenvalue weighted by Crippen LogP contribution is -2.38. The number of para-hydroxylation sites is 2. The number of urea groups is 1. The topological polar surface area (TPSA) is 97.0 Å². The molecule has 1 heterocycles. The summed E-state index contributed by atoms with van der Waals surface area (Å²) in [5, 5.41) is 5.12. The first-order chi connectivity index (χ1) is 13.5. The van der Waals surface area contributed by atoms with Crippen LogP contribution in [0.25, 0.3) is 6.08 Å². The maximum Gasteiger partial charge on any atom is 0.329 e. The summed E-state index contributed by atoms with van der Waals surface area (Å²) >= 11 is 0. The van der Waals surface area contributed by atoms with E-state index in [0.717, 1.165) is 4.90 Å². The Hall–Kier alpha value is -3.81. The lowest BCUT2D eigenvalue weighted by molar-refractivity contribution is -0.127. The molecule has 4 amide bonds. The summed E-state index contributed by atoms with van der Waals surface area (Å²) < 4.78 is 10.3. The number of carbonyl (C=O) groups excluding carboxylic acids is 3. The van der Waals surface area contributed by atoms with Crippen molar-refractivity contribution in [3.63, 3.8) is 0 Å². The minimum absolute atomic E-state index is 0.0975. The lowest BCUT2D eigenvalue weighted by Gasteiger charge is -2.13. The molecule has 0 saturated carbocycles. The maximum absolute atomic E-state index is 12.5. The SMILES string of the molecule is COc1ccc(/C=C2/NC(=O)N(CC(=O)Nc3ccccc3OC)C2=O)cc1. The maximum atomic E-state index is 12.5. The van der Waals surface area contributed by atoms with Crippen molar-refractivity contribution < 1.29 is 23.9 Å². The lowest BCUT2D eigenvalue weighted by atomic mass is 10.2. The third-order valence-electron chi connectivity index (χ3n) is 4.07. The highest BCUT2D eigenvalue weighted by Crippen LogP contribution is 2.23. The van der Waals surface area contributed by atoms with Crippen LogP contribution < -0.4 is 20.1 Å². The van der Waals surface area contributed by atoms with Crippen LogP contribution in [-0.4, -0.2) is 43.5 Å². The Morgan fingerprint density at radius 1 is 1.07 bits per heavy atom. The molecular formula is C20H19N3O5. The highest BCUT2D eigenvalue weighted by Gasteiger charge is 2.35. The van der Waals surface area contributed by atoms with Gasteiger partial charge in [-0.1, -0.05) is 24.3 Å². The number of rotatable bonds is 6. The average Bonchev–Trinajstić information content (AvgIpc) is 2.96. The predicted octanol–water partition coefficient (Wildman–Crippen LogP) is 2.24. The molecule has 8 nitrogen and oxygen atoms in total. The Balaban J connectivity index is 1.69. The zero-order valence-electron chi connectivity index (χ0n) is 15.4. The fourth-order valence-electron chi connectivity index (χ4n) is 2.66. The number of amides is 4. The summed E-state index contributed by atoms with van der Waals surface area (Å²) in [5.41, 5.74) is 1.26. The molecule has 1 fully saturated rings. The molecule has 2 N–H and O–H groups in total. The number of carbonyl (C=O) groups is 3. The fraction of sp³-hybridized carbons (Fsp3) is 0.150. The van der Waals surface area contributed by atoms with Crippen LogP contribution in [0.15, 0.2) is 54.2 Å². The zero-order chi connectivity index (χ0) is 20.1. The van der Waals surface area contributed by atoms with Crippen molar-refractivity contribution in [2.45, 2.75) is 0 Å². The van der Waals surface area contributed by atoms with E-state index < -0.39 is 24.4 Å². The van der Waals surface area contributed by atoms with Gasteiger partial charge in [-0.15, -0.1) is 0 Å². The third kappa shape index (κ3) is 4.12. The molecule has 1 aliphatic heterocycles. The molecule has 2 aromatic carbocycles. The molecule has 1 saturated heterocycles. The highest BCUT2D eigenvalue weighted by atomic mass is 16.5. The van der Waals surface area contributed by atoms with Gasteiger partial charge in [0, 0.05) is 0 Å². The van der Waals surface area contributed by atoms with E-state index >= 15 is 0 Å². The molecule has 0 unspecified atom stereocenters. The molecule has 0 atom stereocenters. The minimum Gasteiger partial charge on any atom is -0.497 e. The highest BCUT2D eigenvalue weighted by molar-refractivity contribution is 6.16. The Kier molecular flexibility index (Phi) is 5.59. The second kappa shape index (κ2) is 8.26. The van der Waals surface area contributed by atoms with Crippen LogP contribution >= 0.6 is 0 Å². The first-order valence-corrected chi connectivity index (χ1v) is 8.43. The van der Waals surface area contributed by atoms with Crippen LogP contribution in [0.4, 0.5) is 10.5 Å². The Morgan fingerprint density at radius 2 is 1.79 bits per heavy atom. The molecule has 8 heteroatoms. The molecule has 0 spiro atoms. The van der Waals surface area contributed by atoms with Gasteiger partial charge < -0.3 is 20.1 Å². The van der Waals surface area contributed by atoms with Crippen LogP contribution in [0.5, 0.6) is 11.5 Å². The molecular weight excluding hydrogens is 362 g/mol. The van der Waals surface area contributed by atoms with Gasteiger partial charge in [-0.05, 0) is 35.9 Å². The summed E-state index contributed by atoms with van der Waals surface area (Å²) in [7, 11) is 3.04. The van der Waals surface area contributed by atoms with E-state index in [1.165, 1.54) is 13.2 Å². The van der Waals surface area contributed by atoms with Crippen molar-refractivity contribution >= 4 is 29.6 Å².